The lowest BCUT2D eigenvalue weighted by Crippen LogP contribution is -2.38. The van der Waals surface area contributed by atoms with Crippen molar-refractivity contribution in [3.05, 3.63) is 28.0 Å². The molecule has 0 fully saturated rings. The largest absolute Gasteiger partial charge is 0.393 e. The molecule has 1 aliphatic heterocycles. The molecule has 0 unspecified atom stereocenters. The van der Waals surface area contributed by atoms with Crippen molar-refractivity contribution in [3.63, 3.8) is 0 Å². The Morgan fingerprint density at radius 3 is 2.91 bits per heavy atom. The van der Waals surface area contributed by atoms with Crippen molar-refractivity contribution in [2.75, 3.05) is 13.2 Å². The fourth-order valence-corrected chi connectivity index (χ4v) is 3.37. The number of hydrogen-bond acceptors (Lipinski definition) is 7. The molecule has 0 bridgehead atoms. The summed E-state index contributed by atoms with van der Waals surface area (Å²) in [6, 6.07) is 1.73. The molecular weight excluding hydrogens is 318 g/mol. The fraction of sp³-hybridized carbons (Fsp3) is 0.571. The van der Waals surface area contributed by atoms with Crippen LogP contribution in [0.3, 0.4) is 0 Å². The summed E-state index contributed by atoms with van der Waals surface area (Å²) in [4.78, 5) is 15.1. The molecule has 3 rings (SSSR count). The average molecular weight is 337 g/mol. The minimum Gasteiger partial charge on any atom is -0.393 e. The Balaban J connectivity index is 1.80. The molecule has 9 heteroatoms. The zero-order valence-electron chi connectivity index (χ0n) is 13.0. The van der Waals surface area contributed by atoms with E-state index in [1.54, 1.807) is 15.6 Å². The molecule has 3 heterocycles. The van der Waals surface area contributed by atoms with E-state index in [1.807, 2.05) is 13.8 Å². The minimum atomic E-state index is -0.990. The number of carbonyl (C=O) groups is 1. The highest BCUT2D eigenvalue weighted by Crippen LogP contribution is 2.24. The van der Waals surface area contributed by atoms with Crippen LogP contribution in [0.5, 0.6) is 0 Å². The van der Waals surface area contributed by atoms with Crippen LogP contribution in [0.15, 0.2) is 6.07 Å². The number of fused-ring (bicyclic) bond motifs is 1. The number of hydrogen-bond donors (Lipinski definition) is 2. The SMILES string of the molecule is CC(C)c1nnsc1C(=O)N1CCn2nc([C@@H](O)CO)cc2C1. The van der Waals surface area contributed by atoms with Gasteiger partial charge in [-0.25, -0.2) is 0 Å². The summed E-state index contributed by atoms with van der Waals surface area (Å²) in [6.07, 6.45) is -0.990. The van der Waals surface area contributed by atoms with Gasteiger partial charge < -0.3 is 15.1 Å². The number of nitrogens with zero attached hydrogens (tertiary/aromatic N) is 5. The van der Waals surface area contributed by atoms with E-state index in [2.05, 4.69) is 14.7 Å². The van der Waals surface area contributed by atoms with Crippen molar-refractivity contribution in [3.8, 4) is 0 Å². The summed E-state index contributed by atoms with van der Waals surface area (Å²) in [5.74, 6) is 0.0785. The number of aliphatic hydroxyl groups excluding tert-OH is 2. The molecule has 1 atom stereocenters. The number of rotatable bonds is 4. The molecule has 23 heavy (non-hydrogen) atoms. The predicted molar refractivity (Wildman–Crippen MR) is 83.0 cm³/mol. The molecule has 0 saturated heterocycles. The Labute approximate surface area is 137 Å². The van der Waals surface area contributed by atoms with Crippen LogP contribution in [0.25, 0.3) is 0 Å². The molecule has 0 saturated carbocycles. The van der Waals surface area contributed by atoms with Crippen molar-refractivity contribution in [2.45, 2.75) is 39.0 Å². The molecule has 0 aromatic carbocycles. The summed E-state index contributed by atoms with van der Waals surface area (Å²) >= 11 is 1.13. The van der Waals surface area contributed by atoms with Gasteiger partial charge in [-0.15, -0.1) is 5.10 Å². The van der Waals surface area contributed by atoms with Crippen LogP contribution in [0.1, 0.15) is 52.6 Å². The van der Waals surface area contributed by atoms with Gasteiger partial charge in [0.25, 0.3) is 5.91 Å². The molecule has 8 nitrogen and oxygen atoms in total. The fourth-order valence-electron chi connectivity index (χ4n) is 2.59. The third-order valence-corrected chi connectivity index (χ3v) is 4.60. The maximum atomic E-state index is 12.7. The monoisotopic (exact) mass is 337 g/mol. The van der Waals surface area contributed by atoms with E-state index in [0.717, 1.165) is 22.9 Å². The van der Waals surface area contributed by atoms with Crippen LogP contribution in [0.2, 0.25) is 0 Å². The van der Waals surface area contributed by atoms with Gasteiger partial charge in [-0.3, -0.25) is 9.48 Å². The normalized spacial score (nSPS) is 15.8. The number of carbonyl (C=O) groups excluding carboxylic acids is 1. The van der Waals surface area contributed by atoms with Crippen LogP contribution in [0.4, 0.5) is 0 Å². The van der Waals surface area contributed by atoms with Crippen molar-refractivity contribution in [2.24, 2.45) is 0 Å². The molecule has 2 aromatic rings. The lowest BCUT2D eigenvalue weighted by atomic mass is 10.1. The van der Waals surface area contributed by atoms with Crippen molar-refractivity contribution < 1.29 is 15.0 Å². The highest BCUT2D eigenvalue weighted by Gasteiger charge is 2.28. The summed E-state index contributed by atoms with van der Waals surface area (Å²) in [6.45, 7) is 5.12. The molecular formula is C14H19N5O3S. The Morgan fingerprint density at radius 1 is 1.43 bits per heavy atom. The second kappa shape index (κ2) is 6.34. The van der Waals surface area contributed by atoms with E-state index >= 15 is 0 Å². The van der Waals surface area contributed by atoms with Gasteiger partial charge in [-0.2, -0.15) is 5.10 Å². The predicted octanol–water partition coefficient (Wildman–Crippen LogP) is 0.540. The van der Waals surface area contributed by atoms with E-state index in [1.165, 1.54) is 0 Å². The van der Waals surface area contributed by atoms with Gasteiger partial charge in [0.15, 0.2) is 0 Å². The van der Waals surface area contributed by atoms with Gasteiger partial charge >= 0.3 is 0 Å². The molecule has 0 aliphatic carbocycles. The van der Waals surface area contributed by atoms with Crippen LogP contribution >= 0.6 is 11.5 Å². The van der Waals surface area contributed by atoms with Crippen LogP contribution in [-0.4, -0.2) is 53.5 Å². The molecule has 124 valence electrons. The third kappa shape index (κ3) is 2.99. The maximum Gasteiger partial charge on any atom is 0.267 e. The van der Waals surface area contributed by atoms with Crippen LogP contribution < -0.4 is 0 Å². The van der Waals surface area contributed by atoms with Crippen LogP contribution in [0, 0.1) is 0 Å². The molecule has 2 N–H and O–H groups in total. The summed E-state index contributed by atoms with van der Waals surface area (Å²) in [7, 11) is 0. The zero-order valence-corrected chi connectivity index (χ0v) is 13.8. The van der Waals surface area contributed by atoms with Crippen LogP contribution in [-0.2, 0) is 13.1 Å². The van der Waals surface area contributed by atoms with Gasteiger partial charge in [0.1, 0.15) is 11.0 Å². The Bertz CT molecular complexity index is 711. The minimum absolute atomic E-state index is 0.0691. The lowest BCUT2D eigenvalue weighted by Gasteiger charge is -2.27. The first-order valence-corrected chi connectivity index (χ1v) is 8.25. The molecule has 2 aromatic heterocycles. The first kappa shape index (κ1) is 16.0. The third-order valence-electron chi connectivity index (χ3n) is 3.87. The number of aliphatic hydroxyl groups is 2. The van der Waals surface area contributed by atoms with E-state index in [9.17, 15) is 9.90 Å². The highest BCUT2D eigenvalue weighted by atomic mass is 32.1. The molecule has 0 radical (unpaired) electrons. The van der Waals surface area contributed by atoms with Gasteiger partial charge in [-0.05, 0) is 23.5 Å². The quantitative estimate of drug-likeness (QED) is 0.844. The van der Waals surface area contributed by atoms with E-state index in [0.29, 0.717) is 30.2 Å². The van der Waals surface area contributed by atoms with E-state index in [-0.39, 0.29) is 18.4 Å². The second-order valence-corrected chi connectivity index (χ2v) is 6.60. The standard InChI is InChI=1S/C14H19N5O3S/c1-8(2)12-13(23-17-15-12)14(22)18-3-4-19-9(6-18)5-10(16-19)11(21)7-20/h5,8,11,20-21H,3-4,6-7H2,1-2H3/t11-/m0/s1. The first-order chi connectivity index (χ1) is 11.0. The maximum absolute atomic E-state index is 12.7. The Kier molecular flexibility index (Phi) is 4.42. The van der Waals surface area contributed by atoms with E-state index in [4.69, 9.17) is 5.11 Å². The van der Waals surface area contributed by atoms with Gasteiger partial charge in [-0.1, -0.05) is 18.3 Å². The zero-order chi connectivity index (χ0) is 16.6. The van der Waals surface area contributed by atoms with E-state index < -0.39 is 6.10 Å². The molecule has 0 spiro atoms. The second-order valence-electron chi connectivity index (χ2n) is 5.85. The molecule has 1 aliphatic rings. The van der Waals surface area contributed by atoms with Crippen molar-refractivity contribution in [1.82, 2.24) is 24.3 Å². The van der Waals surface area contributed by atoms with Crippen molar-refractivity contribution >= 4 is 17.4 Å². The molecule has 1 amide bonds. The van der Waals surface area contributed by atoms with Gasteiger partial charge in [0.05, 0.1) is 36.8 Å². The van der Waals surface area contributed by atoms with Gasteiger partial charge in [0, 0.05) is 6.54 Å². The number of amides is 1. The highest BCUT2D eigenvalue weighted by molar-refractivity contribution is 7.08. The topological polar surface area (TPSA) is 104 Å². The summed E-state index contributed by atoms with van der Waals surface area (Å²) < 4.78 is 5.68. The van der Waals surface area contributed by atoms with Crippen molar-refractivity contribution in [1.29, 1.82) is 0 Å². The first-order valence-electron chi connectivity index (χ1n) is 7.48. The summed E-state index contributed by atoms with van der Waals surface area (Å²) in [5, 5.41) is 27.0. The lowest BCUT2D eigenvalue weighted by molar-refractivity contribution is 0.0708. The Morgan fingerprint density at radius 2 is 2.22 bits per heavy atom. The Hall–Kier alpha value is -1.84. The smallest absolute Gasteiger partial charge is 0.267 e. The summed E-state index contributed by atoms with van der Waals surface area (Å²) in [5.41, 5.74) is 2.00. The average Bonchev–Trinajstić information content (AvgIpc) is 3.19. The van der Waals surface area contributed by atoms with Gasteiger partial charge in [0.2, 0.25) is 0 Å². The number of aromatic nitrogens is 4.